The van der Waals surface area contributed by atoms with Crippen molar-refractivity contribution in [3.8, 4) is 11.8 Å². The summed E-state index contributed by atoms with van der Waals surface area (Å²) in [5.74, 6) is 5.97. The average Bonchev–Trinajstić information content (AvgIpc) is 3.08. The van der Waals surface area contributed by atoms with Crippen LogP contribution in [0.3, 0.4) is 0 Å². The molecule has 27 heavy (non-hydrogen) atoms. The number of rotatable bonds is 5. The van der Waals surface area contributed by atoms with Crippen molar-refractivity contribution >= 4 is 11.3 Å². The van der Waals surface area contributed by atoms with Gasteiger partial charge in [-0.15, -0.1) is 11.3 Å². The third-order valence-corrected chi connectivity index (χ3v) is 6.64. The van der Waals surface area contributed by atoms with Crippen molar-refractivity contribution in [1.82, 2.24) is 9.80 Å². The Labute approximate surface area is 168 Å². The Hall–Kier alpha value is -0.900. The summed E-state index contributed by atoms with van der Waals surface area (Å²) in [6, 6.07) is 5.42. The molecule has 1 aromatic rings. The average molecular weight is 391 g/mol. The third-order valence-electron chi connectivity index (χ3n) is 5.65. The second-order valence-corrected chi connectivity index (χ2v) is 9.67. The van der Waals surface area contributed by atoms with E-state index < -0.39 is 5.60 Å². The van der Waals surface area contributed by atoms with E-state index in [0.717, 1.165) is 43.5 Å². The molecule has 5 heteroatoms. The summed E-state index contributed by atoms with van der Waals surface area (Å²) in [4.78, 5) is 7.56. The van der Waals surface area contributed by atoms with Crippen LogP contribution < -0.4 is 0 Å². The Morgan fingerprint density at radius 1 is 1.19 bits per heavy atom. The number of hydrogen-bond donors (Lipinski definition) is 2. The zero-order valence-corrected chi connectivity index (χ0v) is 17.6. The third kappa shape index (κ3) is 6.30. The summed E-state index contributed by atoms with van der Waals surface area (Å²) < 4.78 is 0. The molecular weight excluding hydrogens is 356 g/mol. The standard InChI is InChI=1S/C22H34N2O2S/c1-22(2,26)12-10-20-8-9-21(27-20)17-23-13-14-24(19(16-23)11-15-25)18-6-4-3-5-7-18/h8-9,18-19,25-26H,3-7,11,13-17H2,1-2H3. The molecule has 0 bridgehead atoms. The molecule has 1 aliphatic carbocycles. The number of aliphatic hydroxyl groups excluding tert-OH is 1. The lowest BCUT2D eigenvalue weighted by Crippen LogP contribution is -2.56. The van der Waals surface area contributed by atoms with E-state index in [0.29, 0.717) is 6.04 Å². The number of piperazine rings is 1. The van der Waals surface area contributed by atoms with Gasteiger partial charge in [-0.2, -0.15) is 0 Å². The number of aliphatic hydroxyl groups is 2. The smallest absolute Gasteiger partial charge is 0.120 e. The summed E-state index contributed by atoms with van der Waals surface area (Å²) in [5.41, 5.74) is -0.947. The van der Waals surface area contributed by atoms with Crippen molar-refractivity contribution in [2.45, 2.75) is 76.6 Å². The topological polar surface area (TPSA) is 46.9 Å². The molecule has 1 saturated carbocycles. The normalized spacial score (nSPS) is 23.2. The van der Waals surface area contributed by atoms with E-state index in [4.69, 9.17) is 0 Å². The fourth-order valence-corrected chi connectivity index (χ4v) is 5.25. The zero-order chi connectivity index (χ0) is 19.3. The van der Waals surface area contributed by atoms with Gasteiger partial charge in [-0.05, 0) is 45.2 Å². The minimum atomic E-state index is -0.947. The molecule has 2 fully saturated rings. The Morgan fingerprint density at radius 3 is 2.67 bits per heavy atom. The van der Waals surface area contributed by atoms with Gasteiger partial charge in [-0.1, -0.05) is 31.1 Å². The highest BCUT2D eigenvalue weighted by atomic mass is 32.1. The van der Waals surface area contributed by atoms with Crippen molar-refractivity contribution in [3.05, 3.63) is 21.9 Å². The molecule has 1 unspecified atom stereocenters. The van der Waals surface area contributed by atoms with Crippen LogP contribution in [0.25, 0.3) is 0 Å². The van der Waals surface area contributed by atoms with E-state index >= 15 is 0 Å². The molecule has 2 heterocycles. The lowest BCUT2D eigenvalue weighted by molar-refractivity contribution is 0.0140. The second-order valence-electron chi connectivity index (χ2n) is 8.51. The first kappa shape index (κ1) is 20.8. The van der Waals surface area contributed by atoms with Crippen LogP contribution in [0.2, 0.25) is 0 Å². The summed E-state index contributed by atoms with van der Waals surface area (Å²) in [7, 11) is 0. The maximum absolute atomic E-state index is 9.76. The molecule has 0 spiro atoms. The summed E-state index contributed by atoms with van der Waals surface area (Å²) >= 11 is 1.72. The van der Waals surface area contributed by atoms with Gasteiger partial charge in [0.15, 0.2) is 0 Å². The van der Waals surface area contributed by atoms with Gasteiger partial charge in [0.2, 0.25) is 0 Å². The van der Waals surface area contributed by atoms with Crippen LogP contribution >= 0.6 is 11.3 Å². The fourth-order valence-electron chi connectivity index (χ4n) is 4.34. The molecule has 4 nitrogen and oxygen atoms in total. The van der Waals surface area contributed by atoms with Crippen LogP contribution in [0, 0.1) is 11.8 Å². The van der Waals surface area contributed by atoms with E-state index in [2.05, 4.69) is 33.8 Å². The van der Waals surface area contributed by atoms with Crippen molar-refractivity contribution in [2.24, 2.45) is 0 Å². The molecule has 2 N–H and O–H groups in total. The molecule has 1 atom stereocenters. The highest BCUT2D eigenvalue weighted by Crippen LogP contribution is 2.28. The first-order valence-corrected chi connectivity index (χ1v) is 11.2. The predicted molar refractivity (Wildman–Crippen MR) is 112 cm³/mol. The second kappa shape index (κ2) is 9.54. The van der Waals surface area contributed by atoms with E-state index in [1.165, 1.54) is 37.0 Å². The number of thiophene rings is 1. The van der Waals surface area contributed by atoms with Gasteiger partial charge in [-0.25, -0.2) is 0 Å². The lowest BCUT2D eigenvalue weighted by Gasteiger charge is -2.46. The molecule has 0 aromatic carbocycles. The lowest BCUT2D eigenvalue weighted by atomic mass is 9.92. The summed E-state index contributed by atoms with van der Waals surface area (Å²) in [6.07, 6.45) is 7.64. The quantitative estimate of drug-likeness (QED) is 0.759. The Morgan fingerprint density at radius 2 is 1.96 bits per heavy atom. The summed E-state index contributed by atoms with van der Waals surface area (Å²) in [6.45, 7) is 7.91. The van der Waals surface area contributed by atoms with Gasteiger partial charge in [0.1, 0.15) is 5.60 Å². The largest absolute Gasteiger partial charge is 0.396 e. The van der Waals surface area contributed by atoms with E-state index in [9.17, 15) is 10.2 Å². The monoisotopic (exact) mass is 390 g/mol. The minimum absolute atomic E-state index is 0.275. The van der Waals surface area contributed by atoms with Crippen LogP contribution in [0.1, 0.15) is 62.1 Å². The molecular formula is C22H34N2O2S. The Kier molecular flexibility index (Phi) is 7.35. The SMILES string of the molecule is CC(C)(O)C#Cc1ccc(CN2CCN(C3CCCCC3)C(CCO)C2)s1. The highest BCUT2D eigenvalue weighted by molar-refractivity contribution is 7.12. The molecule has 1 aromatic heterocycles. The first-order valence-electron chi connectivity index (χ1n) is 10.4. The molecule has 3 rings (SSSR count). The number of nitrogens with zero attached hydrogens (tertiary/aromatic N) is 2. The Balaban J connectivity index is 1.58. The molecule has 150 valence electrons. The van der Waals surface area contributed by atoms with Crippen molar-refractivity contribution in [1.29, 1.82) is 0 Å². The summed E-state index contributed by atoms with van der Waals surface area (Å²) in [5, 5.41) is 19.3. The fraction of sp³-hybridized carbons (Fsp3) is 0.727. The van der Waals surface area contributed by atoms with Crippen LogP contribution in [-0.2, 0) is 6.54 Å². The van der Waals surface area contributed by atoms with Crippen LogP contribution in [0.4, 0.5) is 0 Å². The van der Waals surface area contributed by atoms with Crippen molar-refractivity contribution in [3.63, 3.8) is 0 Å². The molecule has 1 saturated heterocycles. The predicted octanol–water partition coefficient (Wildman–Crippen LogP) is 3.07. The highest BCUT2D eigenvalue weighted by Gasteiger charge is 2.32. The van der Waals surface area contributed by atoms with E-state index in [1.807, 2.05) is 0 Å². The van der Waals surface area contributed by atoms with Gasteiger partial charge in [-0.3, -0.25) is 9.80 Å². The zero-order valence-electron chi connectivity index (χ0n) is 16.8. The van der Waals surface area contributed by atoms with Crippen LogP contribution in [0.5, 0.6) is 0 Å². The minimum Gasteiger partial charge on any atom is -0.396 e. The van der Waals surface area contributed by atoms with E-state index in [1.54, 1.807) is 25.2 Å². The van der Waals surface area contributed by atoms with Crippen LogP contribution in [0.15, 0.2) is 12.1 Å². The van der Waals surface area contributed by atoms with Gasteiger partial charge < -0.3 is 10.2 Å². The van der Waals surface area contributed by atoms with Crippen LogP contribution in [-0.4, -0.2) is 63.9 Å². The van der Waals surface area contributed by atoms with Gasteiger partial charge >= 0.3 is 0 Å². The Bertz CT molecular complexity index is 649. The molecule has 1 aliphatic heterocycles. The molecule has 0 radical (unpaired) electrons. The number of hydrogen-bond acceptors (Lipinski definition) is 5. The maximum atomic E-state index is 9.76. The molecule has 0 amide bonds. The maximum Gasteiger partial charge on any atom is 0.120 e. The van der Waals surface area contributed by atoms with Crippen molar-refractivity contribution < 1.29 is 10.2 Å². The van der Waals surface area contributed by atoms with Gasteiger partial charge in [0, 0.05) is 49.7 Å². The van der Waals surface area contributed by atoms with Crippen molar-refractivity contribution in [2.75, 3.05) is 26.2 Å². The van der Waals surface area contributed by atoms with E-state index in [-0.39, 0.29) is 6.61 Å². The van der Waals surface area contributed by atoms with Gasteiger partial charge in [0.05, 0.1) is 4.88 Å². The first-order chi connectivity index (χ1) is 12.9. The van der Waals surface area contributed by atoms with Gasteiger partial charge in [0.25, 0.3) is 0 Å². The molecule has 2 aliphatic rings.